The van der Waals surface area contributed by atoms with Gasteiger partial charge in [0.05, 0.1) is 10.7 Å². The zero-order valence-electron chi connectivity index (χ0n) is 12.4. The van der Waals surface area contributed by atoms with Gasteiger partial charge in [0.2, 0.25) is 0 Å². The van der Waals surface area contributed by atoms with Crippen LogP contribution in [0.4, 0.5) is 0 Å². The Balaban J connectivity index is 1.94. The summed E-state index contributed by atoms with van der Waals surface area (Å²) in [7, 11) is 1.76. The van der Waals surface area contributed by atoms with Crippen LogP contribution in [0.3, 0.4) is 0 Å². The molecular weight excluding hydrogens is 256 g/mol. The standard InChI is InChI=1S/C15H26N2OS/c1-11(2)9-13-14(10-16-12-6-7-12)19-15(17-13)5-4-8-18-3/h11-12,16H,4-10H2,1-3H3. The predicted molar refractivity (Wildman–Crippen MR) is 80.7 cm³/mol. The second-order valence-electron chi connectivity index (χ2n) is 5.83. The summed E-state index contributed by atoms with van der Waals surface area (Å²) in [4.78, 5) is 6.30. The molecule has 2 rings (SSSR count). The number of aryl methyl sites for hydroxylation is 1. The molecule has 0 amide bonds. The molecule has 0 unspecified atom stereocenters. The molecule has 0 radical (unpaired) electrons. The van der Waals surface area contributed by atoms with Crippen LogP contribution in [0.15, 0.2) is 0 Å². The van der Waals surface area contributed by atoms with Gasteiger partial charge in [0.15, 0.2) is 0 Å². The van der Waals surface area contributed by atoms with Crippen LogP contribution in [-0.2, 0) is 24.1 Å². The van der Waals surface area contributed by atoms with E-state index in [0.29, 0.717) is 5.92 Å². The molecule has 1 heterocycles. The first kappa shape index (κ1) is 14.9. The maximum atomic E-state index is 5.12. The molecule has 1 aromatic rings. The molecule has 1 saturated carbocycles. The second-order valence-corrected chi connectivity index (χ2v) is 7.00. The van der Waals surface area contributed by atoms with E-state index in [9.17, 15) is 0 Å². The third-order valence-electron chi connectivity index (χ3n) is 3.29. The number of rotatable bonds is 9. The van der Waals surface area contributed by atoms with Gasteiger partial charge in [0.1, 0.15) is 0 Å². The number of thiazole rings is 1. The van der Waals surface area contributed by atoms with Crippen molar-refractivity contribution in [3.63, 3.8) is 0 Å². The van der Waals surface area contributed by atoms with E-state index in [4.69, 9.17) is 9.72 Å². The van der Waals surface area contributed by atoms with Crippen molar-refractivity contribution in [1.29, 1.82) is 0 Å². The van der Waals surface area contributed by atoms with Gasteiger partial charge in [-0.1, -0.05) is 13.8 Å². The van der Waals surface area contributed by atoms with Crippen LogP contribution in [0, 0.1) is 5.92 Å². The van der Waals surface area contributed by atoms with Gasteiger partial charge < -0.3 is 10.1 Å². The van der Waals surface area contributed by atoms with Gasteiger partial charge in [-0.15, -0.1) is 11.3 Å². The quantitative estimate of drug-likeness (QED) is 0.706. The van der Waals surface area contributed by atoms with Crippen molar-refractivity contribution in [2.24, 2.45) is 5.92 Å². The van der Waals surface area contributed by atoms with Gasteiger partial charge in [0.25, 0.3) is 0 Å². The third-order valence-corrected chi connectivity index (χ3v) is 4.45. The fourth-order valence-corrected chi connectivity index (χ4v) is 3.21. The fourth-order valence-electron chi connectivity index (χ4n) is 2.12. The summed E-state index contributed by atoms with van der Waals surface area (Å²) in [6.07, 6.45) is 5.91. The summed E-state index contributed by atoms with van der Waals surface area (Å²) < 4.78 is 5.12. The summed E-state index contributed by atoms with van der Waals surface area (Å²) in [5.74, 6) is 0.675. The summed E-state index contributed by atoms with van der Waals surface area (Å²) in [6.45, 7) is 6.37. The van der Waals surface area contributed by atoms with Crippen LogP contribution in [0.2, 0.25) is 0 Å². The average Bonchev–Trinajstić information content (AvgIpc) is 3.10. The van der Waals surface area contributed by atoms with Gasteiger partial charge in [-0.25, -0.2) is 4.98 Å². The highest BCUT2D eigenvalue weighted by Gasteiger charge is 2.21. The Labute approximate surface area is 120 Å². The molecule has 1 N–H and O–H groups in total. The van der Waals surface area contributed by atoms with Gasteiger partial charge in [0, 0.05) is 37.6 Å². The number of hydrogen-bond acceptors (Lipinski definition) is 4. The first-order valence-corrected chi connectivity index (χ1v) is 8.20. The number of methoxy groups -OCH3 is 1. The van der Waals surface area contributed by atoms with Crippen LogP contribution in [0.25, 0.3) is 0 Å². The minimum Gasteiger partial charge on any atom is -0.385 e. The van der Waals surface area contributed by atoms with Crippen LogP contribution < -0.4 is 5.32 Å². The van der Waals surface area contributed by atoms with Crippen LogP contribution in [0.1, 0.15) is 48.7 Å². The first-order chi connectivity index (χ1) is 9.19. The minimum atomic E-state index is 0.675. The number of nitrogens with one attached hydrogen (secondary N) is 1. The van der Waals surface area contributed by atoms with Gasteiger partial charge in [-0.05, 0) is 31.6 Å². The monoisotopic (exact) mass is 282 g/mol. The normalized spacial score (nSPS) is 15.4. The molecule has 4 heteroatoms. The number of aromatic nitrogens is 1. The lowest BCUT2D eigenvalue weighted by Gasteiger charge is -2.05. The SMILES string of the molecule is COCCCc1nc(CC(C)C)c(CNC2CC2)s1. The van der Waals surface area contributed by atoms with E-state index < -0.39 is 0 Å². The summed E-state index contributed by atoms with van der Waals surface area (Å²) in [5.41, 5.74) is 1.32. The maximum absolute atomic E-state index is 5.12. The maximum Gasteiger partial charge on any atom is 0.0932 e. The smallest absolute Gasteiger partial charge is 0.0932 e. The van der Waals surface area contributed by atoms with Crippen LogP contribution >= 0.6 is 11.3 Å². The number of ether oxygens (including phenoxy) is 1. The molecule has 3 nitrogen and oxygen atoms in total. The zero-order chi connectivity index (χ0) is 13.7. The molecule has 0 bridgehead atoms. The van der Waals surface area contributed by atoms with E-state index in [2.05, 4.69) is 19.2 Å². The Morgan fingerprint density at radius 1 is 1.42 bits per heavy atom. The molecule has 108 valence electrons. The molecule has 1 fully saturated rings. The van der Waals surface area contributed by atoms with E-state index in [-0.39, 0.29) is 0 Å². The van der Waals surface area contributed by atoms with Gasteiger partial charge >= 0.3 is 0 Å². The third kappa shape index (κ3) is 5.21. The fraction of sp³-hybridized carbons (Fsp3) is 0.800. The molecule has 19 heavy (non-hydrogen) atoms. The Kier molecular flexibility index (Phi) is 5.79. The lowest BCUT2D eigenvalue weighted by atomic mass is 10.1. The Bertz CT molecular complexity index is 385. The molecule has 0 spiro atoms. The van der Waals surface area contributed by atoms with Gasteiger partial charge in [-0.3, -0.25) is 0 Å². The lowest BCUT2D eigenvalue weighted by Crippen LogP contribution is -2.15. The van der Waals surface area contributed by atoms with Crippen molar-refractivity contribution in [3.05, 3.63) is 15.6 Å². The van der Waals surface area contributed by atoms with E-state index in [1.54, 1.807) is 7.11 Å². The van der Waals surface area contributed by atoms with Crippen molar-refractivity contribution in [1.82, 2.24) is 10.3 Å². The second kappa shape index (κ2) is 7.36. The molecule has 1 aromatic heterocycles. The van der Waals surface area contributed by atoms with E-state index >= 15 is 0 Å². The number of nitrogens with zero attached hydrogens (tertiary/aromatic N) is 1. The van der Waals surface area contributed by atoms with Crippen molar-refractivity contribution in [2.75, 3.05) is 13.7 Å². The Hall–Kier alpha value is -0.450. The van der Waals surface area contributed by atoms with Crippen LogP contribution in [0.5, 0.6) is 0 Å². The van der Waals surface area contributed by atoms with Gasteiger partial charge in [-0.2, -0.15) is 0 Å². The highest BCUT2D eigenvalue weighted by atomic mass is 32.1. The molecule has 0 aromatic carbocycles. The Morgan fingerprint density at radius 3 is 2.84 bits per heavy atom. The van der Waals surface area contributed by atoms with Crippen molar-refractivity contribution < 1.29 is 4.74 Å². The predicted octanol–water partition coefficient (Wildman–Crippen LogP) is 3.17. The lowest BCUT2D eigenvalue weighted by molar-refractivity contribution is 0.195. The van der Waals surface area contributed by atoms with E-state index in [0.717, 1.165) is 38.5 Å². The van der Waals surface area contributed by atoms with Crippen LogP contribution in [-0.4, -0.2) is 24.7 Å². The largest absolute Gasteiger partial charge is 0.385 e. The minimum absolute atomic E-state index is 0.675. The molecular formula is C15H26N2OS. The summed E-state index contributed by atoms with van der Waals surface area (Å²) in [5, 5.41) is 4.89. The number of hydrogen-bond donors (Lipinski definition) is 1. The molecule has 1 aliphatic carbocycles. The highest BCUT2D eigenvalue weighted by molar-refractivity contribution is 7.11. The Morgan fingerprint density at radius 2 is 2.21 bits per heavy atom. The summed E-state index contributed by atoms with van der Waals surface area (Å²) >= 11 is 1.89. The molecule has 1 aliphatic rings. The zero-order valence-corrected chi connectivity index (χ0v) is 13.2. The van der Waals surface area contributed by atoms with Crippen molar-refractivity contribution in [2.45, 2.75) is 58.5 Å². The van der Waals surface area contributed by atoms with E-state index in [1.165, 1.54) is 28.4 Å². The molecule has 0 aliphatic heterocycles. The van der Waals surface area contributed by atoms with Crippen molar-refractivity contribution >= 4 is 11.3 Å². The first-order valence-electron chi connectivity index (χ1n) is 7.38. The average molecular weight is 282 g/mol. The summed E-state index contributed by atoms with van der Waals surface area (Å²) in [6, 6.07) is 0.769. The molecule has 0 atom stereocenters. The van der Waals surface area contributed by atoms with E-state index in [1.807, 2.05) is 11.3 Å². The highest BCUT2D eigenvalue weighted by Crippen LogP contribution is 2.25. The van der Waals surface area contributed by atoms with Crippen molar-refractivity contribution in [3.8, 4) is 0 Å². The topological polar surface area (TPSA) is 34.1 Å². The molecule has 0 saturated heterocycles.